The molecule has 2 aromatic carbocycles. The van der Waals surface area contributed by atoms with Crippen molar-refractivity contribution in [1.29, 1.82) is 0 Å². The topological polar surface area (TPSA) is 111 Å². The zero-order chi connectivity index (χ0) is 29.3. The summed E-state index contributed by atoms with van der Waals surface area (Å²) >= 11 is 0. The first kappa shape index (κ1) is 27.9. The number of nitrogens with two attached hydrogens (primary N) is 1. The van der Waals surface area contributed by atoms with Crippen molar-refractivity contribution in [1.82, 2.24) is 9.36 Å². The number of nitrogens with one attached hydrogen (secondary N) is 1. The molecule has 5 rings (SSSR count). The maximum atomic E-state index is 13.6. The number of rotatable bonds is 9. The Labute approximate surface area is 235 Å². The third-order valence-corrected chi connectivity index (χ3v) is 7.39. The molecule has 3 aromatic rings. The van der Waals surface area contributed by atoms with Gasteiger partial charge in [-0.25, -0.2) is 13.5 Å². The van der Waals surface area contributed by atoms with E-state index in [1.807, 2.05) is 30.4 Å². The van der Waals surface area contributed by atoms with Gasteiger partial charge in [-0.15, -0.1) is 0 Å². The number of carbonyl (C=O) groups is 2. The van der Waals surface area contributed by atoms with E-state index < -0.39 is 17.2 Å². The lowest BCUT2D eigenvalue weighted by atomic mass is 10.0. The molecule has 10 heteroatoms. The van der Waals surface area contributed by atoms with Crippen LogP contribution in [0.25, 0.3) is 11.6 Å². The maximum absolute atomic E-state index is 13.6. The minimum absolute atomic E-state index is 0.00528. The molecule has 0 saturated carbocycles. The highest BCUT2D eigenvalue weighted by molar-refractivity contribution is 6.32. The molecule has 0 atom stereocenters. The number of ketones is 1. The second-order valence-corrected chi connectivity index (χ2v) is 9.99. The first-order chi connectivity index (χ1) is 19.7. The highest BCUT2D eigenvalue weighted by Crippen LogP contribution is 2.34. The Morgan fingerprint density at radius 1 is 1.15 bits per heavy atom. The molecule has 0 fully saturated rings. The molecule has 1 aromatic heterocycles. The van der Waals surface area contributed by atoms with Gasteiger partial charge in [0, 0.05) is 49.6 Å². The minimum atomic E-state index is -0.996. The number of halogens is 2. The lowest BCUT2D eigenvalue weighted by Gasteiger charge is -2.08. The van der Waals surface area contributed by atoms with Crippen molar-refractivity contribution in [3.63, 3.8) is 0 Å². The average molecular weight is 558 g/mol. The number of aromatic nitrogens is 2. The van der Waals surface area contributed by atoms with Gasteiger partial charge in [0.15, 0.2) is 17.4 Å². The predicted molar refractivity (Wildman–Crippen MR) is 155 cm³/mol. The molecule has 0 saturated heterocycles. The van der Waals surface area contributed by atoms with E-state index in [1.54, 1.807) is 30.9 Å². The van der Waals surface area contributed by atoms with Crippen molar-refractivity contribution in [2.24, 2.45) is 17.8 Å². The molecule has 1 amide bonds. The lowest BCUT2D eigenvalue weighted by molar-refractivity contribution is -0.110. The van der Waals surface area contributed by atoms with Crippen molar-refractivity contribution in [2.45, 2.75) is 32.7 Å². The summed E-state index contributed by atoms with van der Waals surface area (Å²) in [5.41, 5.74) is 10.9. The molecule has 2 aliphatic rings. The molecule has 0 aliphatic carbocycles. The maximum Gasteiger partial charge on any atom is 0.278 e. The third-order valence-electron chi connectivity index (χ3n) is 7.39. The zero-order valence-corrected chi connectivity index (χ0v) is 22.7. The van der Waals surface area contributed by atoms with Gasteiger partial charge in [-0.2, -0.15) is 0 Å². The zero-order valence-electron chi connectivity index (χ0n) is 22.7. The number of carbonyl (C=O) groups excluding carboxylic acids is 2. The van der Waals surface area contributed by atoms with Crippen molar-refractivity contribution in [3.8, 4) is 0 Å². The molecule has 210 valence electrons. The molecule has 0 bridgehead atoms. The molecule has 0 spiro atoms. The Morgan fingerprint density at radius 2 is 1.95 bits per heavy atom. The number of anilines is 1. The van der Waals surface area contributed by atoms with Gasteiger partial charge in [-0.3, -0.25) is 24.1 Å². The van der Waals surface area contributed by atoms with E-state index in [9.17, 15) is 23.2 Å². The van der Waals surface area contributed by atoms with E-state index in [-0.39, 0.29) is 30.2 Å². The van der Waals surface area contributed by atoms with E-state index in [4.69, 9.17) is 5.73 Å². The van der Waals surface area contributed by atoms with Crippen LogP contribution in [0, 0.1) is 18.6 Å². The number of fused-ring (bicyclic) bond motifs is 1. The summed E-state index contributed by atoms with van der Waals surface area (Å²) in [4.78, 5) is 43.0. The van der Waals surface area contributed by atoms with Crippen LogP contribution in [0.4, 0.5) is 14.5 Å². The standard InChI is InChI=1S/C31H29F2N5O3/c1-18-29(31(41)38(37(18)2)17-20-8-10-24(32)25(33)13-20)28(39)6-4-3-5-19-7-9-22-23(30(40)36-27(22)14-19)15-26-21(16-34)11-12-35-26/h3,5,7-10,12-15H,4,6,11,16-17,34H2,1-2H3,(H,36,40)/b5-3+,23-15-. The van der Waals surface area contributed by atoms with Gasteiger partial charge >= 0.3 is 0 Å². The van der Waals surface area contributed by atoms with Gasteiger partial charge in [-0.1, -0.05) is 30.4 Å². The molecule has 0 radical (unpaired) electrons. The summed E-state index contributed by atoms with van der Waals surface area (Å²) in [5, 5.41) is 2.89. The van der Waals surface area contributed by atoms with Gasteiger partial charge in [0.25, 0.3) is 11.5 Å². The molecule has 41 heavy (non-hydrogen) atoms. The van der Waals surface area contributed by atoms with Crippen LogP contribution in [0.1, 0.15) is 52.0 Å². The highest BCUT2D eigenvalue weighted by Gasteiger charge is 2.25. The predicted octanol–water partition coefficient (Wildman–Crippen LogP) is 4.52. The van der Waals surface area contributed by atoms with E-state index in [2.05, 4.69) is 10.3 Å². The number of benzene rings is 2. The second kappa shape index (κ2) is 11.4. The normalized spacial score (nSPS) is 15.4. The number of Topliss-reactive ketones (excluding diaryl/α,β-unsaturated/α-hetero) is 1. The summed E-state index contributed by atoms with van der Waals surface area (Å²) in [6, 6.07) is 9.07. The van der Waals surface area contributed by atoms with Crippen molar-refractivity contribution >= 4 is 35.2 Å². The van der Waals surface area contributed by atoms with Gasteiger partial charge in [-0.05, 0) is 54.3 Å². The SMILES string of the molecule is Cc1c(C(=O)CC/C=C/c2ccc3c(c2)NC(=O)/C3=C\C2=C(CN)CC=N2)c(=O)n(Cc2ccc(F)c(F)c2)n1C. The first-order valence-electron chi connectivity index (χ1n) is 13.2. The summed E-state index contributed by atoms with van der Waals surface area (Å²) in [6.07, 6.45) is 8.46. The van der Waals surface area contributed by atoms with E-state index >= 15 is 0 Å². The summed E-state index contributed by atoms with van der Waals surface area (Å²) < 4.78 is 29.8. The van der Waals surface area contributed by atoms with Crippen LogP contribution >= 0.6 is 0 Å². The number of allylic oxidation sites excluding steroid dienone is 2. The van der Waals surface area contributed by atoms with Crippen LogP contribution in [0.2, 0.25) is 0 Å². The molecule has 3 heterocycles. The number of hydrogen-bond donors (Lipinski definition) is 2. The second-order valence-electron chi connectivity index (χ2n) is 9.99. The van der Waals surface area contributed by atoms with E-state index in [1.165, 1.54) is 10.7 Å². The number of nitrogens with zero attached hydrogens (tertiary/aromatic N) is 3. The van der Waals surface area contributed by atoms with Gasteiger partial charge in [0.1, 0.15) is 5.56 Å². The van der Waals surface area contributed by atoms with Crippen molar-refractivity contribution in [2.75, 3.05) is 11.9 Å². The molecular formula is C31H29F2N5O3. The Hall–Kier alpha value is -4.70. The molecule has 8 nitrogen and oxygen atoms in total. The number of hydrogen-bond acceptors (Lipinski definition) is 5. The Bertz CT molecular complexity index is 1760. The fraction of sp³-hybridized carbons (Fsp3) is 0.226. The van der Waals surface area contributed by atoms with Gasteiger partial charge in [0.2, 0.25) is 0 Å². The molecule has 3 N–H and O–H groups in total. The summed E-state index contributed by atoms with van der Waals surface area (Å²) in [7, 11) is 1.65. The van der Waals surface area contributed by atoms with Crippen LogP contribution < -0.4 is 16.6 Å². The van der Waals surface area contributed by atoms with Gasteiger partial charge in [0.05, 0.1) is 17.8 Å². The summed E-state index contributed by atoms with van der Waals surface area (Å²) in [6.45, 7) is 2.07. The van der Waals surface area contributed by atoms with Crippen LogP contribution in [0.15, 0.2) is 69.6 Å². The third kappa shape index (κ3) is 5.51. The van der Waals surface area contributed by atoms with Crippen LogP contribution in [0.5, 0.6) is 0 Å². The van der Waals surface area contributed by atoms with Crippen LogP contribution in [-0.4, -0.2) is 33.8 Å². The van der Waals surface area contributed by atoms with Crippen molar-refractivity contribution in [3.05, 3.63) is 110 Å². The molecular weight excluding hydrogens is 528 g/mol. The Kier molecular flexibility index (Phi) is 7.76. The summed E-state index contributed by atoms with van der Waals surface area (Å²) in [5.74, 6) is -2.46. The van der Waals surface area contributed by atoms with Crippen LogP contribution in [-0.2, 0) is 18.4 Å². The van der Waals surface area contributed by atoms with Crippen LogP contribution in [0.3, 0.4) is 0 Å². The molecule has 0 unspecified atom stereocenters. The highest BCUT2D eigenvalue weighted by atomic mass is 19.2. The lowest BCUT2D eigenvalue weighted by Crippen LogP contribution is -2.25. The van der Waals surface area contributed by atoms with Gasteiger partial charge < -0.3 is 11.1 Å². The van der Waals surface area contributed by atoms with E-state index in [0.717, 1.165) is 34.5 Å². The monoisotopic (exact) mass is 557 g/mol. The van der Waals surface area contributed by atoms with E-state index in [0.29, 0.717) is 41.9 Å². The largest absolute Gasteiger partial charge is 0.327 e. The Morgan fingerprint density at radius 3 is 2.71 bits per heavy atom. The number of aliphatic imine (C=N–C) groups is 1. The fourth-order valence-corrected chi connectivity index (χ4v) is 5.00. The smallest absolute Gasteiger partial charge is 0.278 e. The Balaban J connectivity index is 1.25. The minimum Gasteiger partial charge on any atom is -0.327 e. The number of amides is 1. The first-order valence-corrected chi connectivity index (χ1v) is 13.2. The fourth-order valence-electron chi connectivity index (χ4n) is 5.00. The average Bonchev–Trinajstić information content (AvgIpc) is 3.59. The quantitative estimate of drug-likeness (QED) is 0.298. The van der Waals surface area contributed by atoms with Crippen molar-refractivity contribution < 1.29 is 18.4 Å². The molecule has 2 aliphatic heterocycles.